The summed E-state index contributed by atoms with van der Waals surface area (Å²) in [6, 6.07) is 10.1. The van der Waals surface area contributed by atoms with Crippen LogP contribution in [0, 0.1) is 0 Å². The Hall–Kier alpha value is -1.06. The maximum atomic E-state index is 5.91. The summed E-state index contributed by atoms with van der Waals surface area (Å²) in [6.07, 6.45) is 0.739. The third kappa shape index (κ3) is 12.4. The van der Waals surface area contributed by atoms with Crippen LogP contribution < -0.4 is 0 Å². The fraction of sp³-hybridized carbons (Fsp3) is 0.714. The van der Waals surface area contributed by atoms with Crippen LogP contribution in [0.15, 0.2) is 30.3 Å². The molecule has 1 fully saturated rings. The molecule has 0 aromatic heterocycles. The minimum Gasteiger partial charge on any atom is -0.377 e. The van der Waals surface area contributed by atoms with Gasteiger partial charge in [-0.3, -0.25) is 0 Å². The molecule has 0 bridgehead atoms. The summed E-state index contributed by atoms with van der Waals surface area (Å²) in [5, 5.41) is 0. The van der Waals surface area contributed by atoms with Crippen LogP contribution in [0.4, 0.5) is 0 Å². The molecular weight excluding hydrogens is 364 g/mol. The van der Waals surface area contributed by atoms with Crippen LogP contribution in [0.3, 0.4) is 0 Å². The summed E-state index contributed by atoms with van der Waals surface area (Å²) >= 11 is 0. The van der Waals surface area contributed by atoms with Gasteiger partial charge in [0.05, 0.1) is 85.4 Å². The zero-order valence-electron chi connectivity index (χ0n) is 16.7. The second-order valence-electron chi connectivity index (χ2n) is 6.34. The van der Waals surface area contributed by atoms with Crippen LogP contribution >= 0.6 is 0 Å². The van der Waals surface area contributed by atoms with E-state index in [1.54, 1.807) is 0 Å². The smallest absolute Gasteiger partial charge is 0.0831 e. The van der Waals surface area contributed by atoms with E-state index in [9.17, 15) is 0 Å². The average Bonchev–Trinajstić information content (AvgIpc) is 2.73. The summed E-state index contributed by atoms with van der Waals surface area (Å²) in [5.41, 5.74) is 1.17. The van der Waals surface area contributed by atoms with Crippen LogP contribution in [0.25, 0.3) is 0 Å². The summed E-state index contributed by atoms with van der Waals surface area (Å²) in [6.45, 7) is 7.21. The van der Waals surface area contributed by atoms with E-state index < -0.39 is 0 Å². The molecular formula is C21H34O7. The largest absolute Gasteiger partial charge is 0.377 e. The Labute approximate surface area is 168 Å². The lowest BCUT2D eigenvalue weighted by atomic mass is 10.2. The van der Waals surface area contributed by atoms with Crippen LogP contribution in [0.2, 0.25) is 0 Å². The number of hydrogen-bond donors (Lipinski definition) is 0. The summed E-state index contributed by atoms with van der Waals surface area (Å²) in [4.78, 5) is 0. The molecule has 0 aliphatic carbocycles. The molecule has 0 N–H and O–H groups in total. The summed E-state index contributed by atoms with van der Waals surface area (Å²) in [5.74, 6) is 0. The van der Waals surface area contributed by atoms with E-state index >= 15 is 0 Å². The Morgan fingerprint density at radius 2 is 1.21 bits per heavy atom. The zero-order chi connectivity index (χ0) is 19.5. The van der Waals surface area contributed by atoms with E-state index in [0.717, 1.165) is 6.42 Å². The highest BCUT2D eigenvalue weighted by molar-refractivity contribution is 5.13. The second-order valence-corrected chi connectivity index (χ2v) is 6.34. The van der Waals surface area contributed by atoms with Crippen molar-refractivity contribution in [2.75, 3.05) is 79.3 Å². The van der Waals surface area contributed by atoms with Crippen LogP contribution in [-0.4, -0.2) is 85.4 Å². The van der Waals surface area contributed by atoms with Crippen LogP contribution in [-0.2, 0) is 39.8 Å². The highest BCUT2D eigenvalue weighted by atomic mass is 16.6. The Kier molecular flexibility index (Phi) is 14.0. The molecule has 0 spiro atoms. The van der Waals surface area contributed by atoms with Gasteiger partial charge >= 0.3 is 0 Å². The molecule has 1 atom stereocenters. The minimum absolute atomic E-state index is 0.0298. The van der Waals surface area contributed by atoms with Gasteiger partial charge in [0.2, 0.25) is 0 Å². The molecule has 7 heteroatoms. The first-order valence-electron chi connectivity index (χ1n) is 10.1. The number of benzene rings is 1. The van der Waals surface area contributed by atoms with E-state index in [-0.39, 0.29) is 6.10 Å². The van der Waals surface area contributed by atoms with Gasteiger partial charge in [0, 0.05) is 6.61 Å². The van der Waals surface area contributed by atoms with E-state index in [1.807, 2.05) is 18.2 Å². The van der Waals surface area contributed by atoms with Gasteiger partial charge in [0.25, 0.3) is 0 Å². The third-order valence-corrected chi connectivity index (χ3v) is 4.07. The van der Waals surface area contributed by atoms with Crippen molar-refractivity contribution in [2.24, 2.45) is 0 Å². The molecule has 1 unspecified atom stereocenters. The number of rotatable bonds is 5. The lowest BCUT2D eigenvalue weighted by molar-refractivity contribution is -0.0687. The summed E-state index contributed by atoms with van der Waals surface area (Å²) < 4.78 is 39.2. The lowest BCUT2D eigenvalue weighted by Crippen LogP contribution is -2.25. The maximum Gasteiger partial charge on any atom is 0.0831 e. The Bertz CT molecular complexity index is 439. The minimum atomic E-state index is -0.0298. The molecule has 1 aromatic rings. The van der Waals surface area contributed by atoms with E-state index in [4.69, 9.17) is 33.2 Å². The predicted octanol–water partition coefficient (Wildman–Crippen LogP) is 2.08. The number of hydrogen-bond acceptors (Lipinski definition) is 7. The van der Waals surface area contributed by atoms with E-state index in [2.05, 4.69) is 12.1 Å². The molecule has 28 heavy (non-hydrogen) atoms. The van der Waals surface area contributed by atoms with Crippen molar-refractivity contribution in [3.63, 3.8) is 0 Å². The molecule has 1 aliphatic rings. The second kappa shape index (κ2) is 16.9. The van der Waals surface area contributed by atoms with E-state index in [1.165, 1.54) is 5.56 Å². The maximum absolute atomic E-state index is 5.91. The topological polar surface area (TPSA) is 64.6 Å². The van der Waals surface area contributed by atoms with Crippen LogP contribution in [0.1, 0.15) is 12.0 Å². The molecule has 1 aromatic carbocycles. The Morgan fingerprint density at radius 3 is 1.82 bits per heavy atom. The third-order valence-electron chi connectivity index (χ3n) is 4.07. The first-order valence-corrected chi connectivity index (χ1v) is 10.1. The van der Waals surface area contributed by atoms with Crippen molar-refractivity contribution in [3.05, 3.63) is 35.9 Å². The first-order chi connectivity index (χ1) is 13.9. The van der Waals surface area contributed by atoms with Crippen molar-refractivity contribution in [1.29, 1.82) is 0 Å². The van der Waals surface area contributed by atoms with Crippen molar-refractivity contribution in [1.82, 2.24) is 0 Å². The zero-order valence-corrected chi connectivity index (χ0v) is 16.7. The van der Waals surface area contributed by atoms with Crippen LogP contribution in [0.5, 0.6) is 0 Å². The van der Waals surface area contributed by atoms with Gasteiger partial charge in [-0.25, -0.2) is 0 Å². The van der Waals surface area contributed by atoms with Gasteiger partial charge in [-0.15, -0.1) is 0 Å². The van der Waals surface area contributed by atoms with Gasteiger partial charge < -0.3 is 33.2 Å². The normalized spacial score (nSPS) is 22.2. The Morgan fingerprint density at radius 1 is 0.679 bits per heavy atom. The van der Waals surface area contributed by atoms with Gasteiger partial charge in [-0.2, -0.15) is 0 Å². The molecule has 0 amide bonds. The highest BCUT2D eigenvalue weighted by Gasteiger charge is 2.10. The molecule has 0 radical (unpaired) electrons. The van der Waals surface area contributed by atoms with Gasteiger partial charge in [-0.05, 0) is 12.0 Å². The van der Waals surface area contributed by atoms with Crippen molar-refractivity contribution in [2.45, 2.75) is 19.1 Å². The molecule has 1 saturated heterocycles. The first kappa shape index (κ1) is 23.2. The standard InChI is InChI=1S/C21H34O7/c1-2-4-20(5-3-1)18-26-7-6-21-19-27-15-14-24-11-10-22-8-9-23-12-13-25-16-17-28-21/h1-5,21H,6-19H2. The fourth-order valence-electron chi connectivity index (χ4n) is 2.56. The number of ether oxygens (including phenoxy) is 7. The lowest BCUT2D eigenvalue weighted by Gasteiger charge is -2.18. The van der Waals surface area contributed by atoms with Gasteiger partial charge in [-0.1, -0.05) is 30.3 Å². The highest BCUT2D eigenvalue weighted by Crippen LogP contribution is 2.05. The average molecular weight is 398 g/mol. The van der Waals surface area contributed by atoms with E-state index in [0.29, 0.717) is 85.9 Å². The quantitative estimate of drug-likeness (QED) is 0.704. The van der Waals surface area contributed by atoms with Gasteiger partial charge in [0.15, 0.2) is 0 Å². The summed E-state index contributed by atoms with van der Waals surface area (Å²) in [7, 11) is 0. The molecule has 1 heterocycles. The predicted molar refractivity (Wildman–Crippen MR) is 105 cm³/mol. The van der Waals surface area contributed by atoms with Crippen molar-refractivity contribution < 1.29 is 33.2 Å². The SMILES string of the molecule is c1ccc(COCCC2COCCOCCOCCOCCOCCO2)cc1. The molecule has 2 rings (SSSR count). The van der Waals surface area contributed by atoms with Gasteiger partial charge in [0.1, 0.15) is 0 Å². The Balaban J connectivity index is 1.63. The van der Waals surface area contributed by atoms with Crippen molar-refractivity contribution in [3.8, 4) is 0 Å². The molecule has 0 saturated carbocycles. The molecule has 7 nitrogen and oxygen atoms in total. The monoisotopic (exact) mass is 398 g/mol. The van der Waals surface area contributed by atoms with Crippen molar-refractivity contribution >= 4 is 0 Å². The fourth-order valence-corrected chi connectivity index (χ4v) is 2.56. The molecule has 160 valence electrons. The molecule has 1 aliphatic heterocycles.